The summed E-state index contributed by atoms with van der Waals surface area (Å²) in [5, 5.41) is 2.94. The molecule has 0 spiro atoms. The van der Waals surface area contributed by atoms with Crippen LogP contribution >= 0.6 is 15.9 Å². The van der Waals surface area contributed by atoms with Crippen molar-refractivity contribution in [3.05, 3.63) is 101 Å². The lowest BCUT2D eigenvalue weighted by Gasteiger charge is -2.33. The van der Waals surface area contributed by atoms with Gasteiger partial charge in [-0.15, -0.1) is 0 Å². The lowest BCUT2D eigenvalue weighted by Crippen LogP contribution is -2.37. The highest BCUT2D eigenvalue weighted by molar-refractivity contribution is 9.10. The molecule has 5 nitrogen and oxygen atoms in total. The molecule has 1 amide bonds. The molecular weight excluding hydrogens is 428 g/mol. The van der Waals surface area contributed by atoms with Gasteiger partial charge in [0.25, 0.3) is 0 Å². The Morgan fingerprint density at radius 2 is 1.76 bits per heavy atom. The van der Waals surface area contributed by atoms with Crippen molar-refractivity contribution in [1.29, 1.82) is 0 Å². The molecule has 1 atom stereocenters. The zero-order chi connectivity index (χ0) is 19.8. The number of carbonyl (C=O) groups excluding carboxylic acids is 1. The molecule has 2 aromatic heterocycles. The third-order valence-electron chi connectivity index (χ3n) is 5.34. The van der Waals surface area contributed by atoms with Crippen LogP contribution < -0.4 is 5.32 Å². The van der Waals surface area contributed by atoms with Gasteiger partial charge in [0.05, 0.1) is 6.42 Å². The fourth-order valence-corrected chi connectivity index (χ4v) is 4.40. The van der Waals surface area contributed by atoms with E-state index in [1.165, 1.54) is 0 Å². The Labute approximate surface area is 176 Å². The summed E-state index contributed by atoms with van der Waals surface area (Å²) in [6.45, 7) is 0. The van der Waals surface area contributed by atoms with Crippen LogP contribution in [0.1, 0.15) is 17.5 Å². The number of carbonyl (C=O) groups is 1. The molecular formula is C23H17BrN4O. The van der Waals surface area contributed by atoms with Crippen molar-refractivity contribution >= 4 is 27.7 Å². The molecule has 6 heteroatoms. The molecule has 4 aromatic rings. The van der Waals surface area contributed by atoms with E-state index in [1.807, 2.05) is 42.6 Å². The quantitative estimate of drug-likeness (QED) is 0.489. The Balaban J connectivity index is 1.66. The van der Waals surface area contributed by atoms with E-state index in [-0.39, 0.29) is 12.3 Å². The van der Waals surface area contributed by atoms with Gasteiger partial charge in [-0.05, 0) is 35.4 Å². The van der Waals surface area contributed by atoms with Crippen LogP contribution in [-0.2, 0) is 10.3 Å². The molecule has 0 saturated carbocycles. The predicted molar refractivity (Wildman–Crippen MR) is 115 cm³/mol. The fourth-order valence-electron chi connectivity index (χ4n) is 4.14. The van der Waals surface area contributed by atoms with E-state index in [2.05, 4.69) is 60.0 Å². The van der Waals surface area contributed by atoms with Crippen LogP contribution in [0.5, 0.6) is 0 Å². The minimum atomic E-state index is -0.679. The third kappa shape index (κ3) is 2.87. The molecule has 1 unspecified atom stereocenters. The molecule has 3 heterocycles. The first-order chi connectivity index (χ1) is 14.2. The summed E-state index contributed by atoms with van der Waals surface area (Å²) < 4.78 is 3.10. The second-order valence-electron chi connectivity index (χ2n) is 6.97. The van der Waals surface area contributed by atoms with Crippen LogP contribution in [0.25, 0.3) is 11.4 Å². The molecule has 0 saturated heterocycles. The van der Waals surface area contributed by atoms with Gasteiger partial charge in [0.15, 0.2) is 0 Å². The summed E-state index contributed by atoms with van der Waals surface area (Å²) in [7, 11) is 0. The van der Waals surface area contributed by atoms with Crippen molar-refractivity contribution in [3.8, 4) is 11.4 Å². The average Bonchev–Trinajstić information content (AvgIpc) is 3.32. The maximum Gasteiger partial charge on any atom is 0.228 e. The van der Waals surface area contributed by atoms with Crippen molar-refractivity contribution in [2.45, 2.75) is 12.0 Å². The number of hydrogen-bond donors (Lipinski definition) is 1. The van der Waals surface area contributed by atoms with Gasteiger partial charge in [-0.25, -0.2) is 9.97 Å². The molecule has 1 aliphatic rings. The van der Waals surface area contributed by atoms with E-state index in [1.54, 1.807) is 18.5 Å². The Hall–Kier alpha value is -3.25. The second-order valence-corrected chi connectivity index (χ2v) is 7.89. The molecule has 142 valence electrons. The van der Waals surface area contributed by atoms with Crippen molar-refractivity contribution in [2.75, 3.05) is 5.32 Å². The number of nitrogens with zero attached hydrogens (tertiary/aromatic N) is 3. The Morgan fingerprint density at radius 1 is 0.966 bits per heavy atom. The fraction of sp³-hybridized carbons (Fsp3) is 0.0870. The zero-order valence-electron chi connectivity index (χ0n) is 15.4. The first-order valence-electron chi connectivity index (χ1n) is 9.29. The molecule has 29 heavy (non-hydrogen) atoms. The van der Waals surface area contributed by atoms with Crippen LogP contribution in [0.4, 0.5) is 5.82 Å². The highest BCUT2D eigenvalue weighted by atomic mass is 79.9. The summed E-state index contributed by atoms with van der Waals surface area (Å²) in [4.78, 5) is 22.0. The second kappa shape index (κ2) is 6.97. The van der Waals surface area contributed by atoms with Gasteiger partial charge >= 0.3 is 0 Å². The van der Waals surface area contributed by atoms with Gasteiger partial charge in [-0.2, -0.15) is 0 Å². The van der Waals surface area contributed by atoms with Gasteiger partial charge in [0, 0.05) is 28.6 Å². The van der Waals surface area contributed by atoms with E-state index in [4.69, 9.17) is 0 Å². The van der Waals surface area contributed by atoms with E-state index in [9.17, 15) is 4.79 Å². The van der Waals surface area contributed by atoms with Crippen LogP contribution in [0.3, 0.4) is 0 Å². The smallest absolute Gasteiger partial charge is 0.228 e. The monoisotopic (exact) mass is 444 g/mol. The summed E-state index contributed by atoms with van der Waals surface area (Å²) >= 11 is 3.52. The summed E-state index contributed by atoms with van der Waals surface area (Å²) in [5.74, 6) is 1.30. The van der Waals surface area contributed by atoms with E-state index in [0.717, 1.165) is 27.0 Å². The third-order valence-corrected chi connectivity index (χ3v) is 5.86. The number of fused-ring (bicyclic) bond motifs is 3. The highest BCUT2D eigenvalue weighted by Crippen LogP contribution is 2.49. The molecule has 0 aliphatic carbocycles. The lowest BCUT2D eigenvalue weighted by molar-refractivity contribution is -0.117. The predicted octanol–water partition coefficient (Wildman–Crippen LogP) is 4.84. The number of halogens is 1. The average molecular weight is 445 g/mol. The number of imidazole rings is 1. The molecule has 2 aromatic carbocycles. The van der Waals surface area contributed by atoms with Crippen LogP contribution in [0.15, 0.2) is 89.8 Å². The van der Waals surface area contributed by atoms with Crippen molar-refractivity contribution < 1.29 is 4.79 Å². The number of pyridine rings is 1. The van der Waals surface area contributed by atoms with Crippen molar-refractivity contribution in [1.82, 2.24) is 14.5 Å². The summed E-state index contributed by atoms with van der Waals surface area (Å²) in [6, 6.07) is 21.8. The Kier molecular flexibility index (Phi) is 4.28. The van der Waals surface area contributed by atoms with Gasteiger partial charge in [-0.3, -0.25) is 4.79 Å². The zero-order valence-corrected chi connectivity index (χ0v) is 17.0. The van der Waals surface area contributed by atoms with Gasteiger partial charge in [0.1, 0.15) is 17.2 Å². The first-order valence-corrected chi connectivity index (χ1v) is 10.1. The molecule has 5 rings (SSSR count). The maximum absolute atomic E-state index is 13.2. The first kappa shape index (κ1) is 17.8. The number of amides is 1. The van der Waals surface area contributed by atoms with E-state index < -0.39 is 5.54 Å². The van der Waals surface area contributed by atoms with E-state index >= 15 is 0 Å². The largest absolute Gasteiger partial charge is 0.316 e. The number of hydrogen-bond acceptors (Lipinski definition) is 3. The molecule has 0 fully saturated rings. The van der Waals surface area contributed by atoms with Crippen LogP contribution in [0.2, 0.25) is 0 Å². The molecule has 0 bridgehead atoms. The van der Waals surface area contributed by atoms with Crippen molar-refractivity contribution in [3.63, 3.8) is 0 Å². The van der Waals surface area contributed by atoms with E-state index in [0.29, 0.717) is 5.82 Å². The van der Waals surface area contributed by atoms with Gasteiger partial charge in [-0.1, -0.05) is 58.4 Å². The van der Waals surface area contributed by atoms with Gasteiger partial charge < -0.3 is 9.88 Å². The molecule has 1 aliphatic heterocycles. The number of benzene rings is 2. The number of rotatable bonds is 4. The summed E-state index contributed by atoms with van der Waals surface area (Å²) in [5.41, 5.74) is 2.47. The number of nitrogens with one attached hydrogen (secondary N) is 1. The normalized spacial score (nSPS) is 16.9. The number of anilines is 1. The standard InChI is InChI=1S/C23H17BrN4O/c24-17-10-8-16(9-11-17)23(15-21(29)27-20-7-3-4-12-25-20)19-6-2-1-5-18(19)22-26-13-14-28(22)23/h1-14H,15H2,(H,25,27,29). The van der Waals surface area contributed by atoms with Gasteiger partial charge in [0.2, 0.25) is 5.91 Å². The number of aromatic nitrogens is 3. The molecule has 1 N–H and O–H groups in total. The minimum Gasteiger partial charge on any atom is -0.316 e. The Bertz CT molecular complexity index is 1190. The summed E-state index contributed by atoms with van der Waals surface area (Å²) in [6.07, 6.45) is 5.63. The SMILES string of the molecule is O=C(CC1(c2ccc(Br)cc2)c2ccccc2-c2nccn21)Nc1ccccn1. The highest BCUT2D eigenvalue weighted by Gasteiger charge is 2.46. The van der Waals surface area contributed by atoms with Crippen LogP contribution in [-0.4, -0.2) is 20.4 Å². The topological polar surface area (TPSA) is 59.8 Å². The van der Waals surface area contributed by atoms with Crippen molar-refractivity contribution in [2.24, 2.45) is 0 Å². The lowest BCUT2D eigenvalue weighted by atomic mass is 9.80. The Morgan fingerprint density at radius 3 is 2.55 bits per heavy atom. The van der Waals surface area contributed by atoms with Crippen LogP contribution in [0, 0.1) is 0 Å². The minimum absolute atomic E-state index is 0.108. The molecule has 0 radical (unpaired) electrons. The maximum atomic E-state index is 13.2.